The number of alkyl carbamates (subject to hydrolysis) is 1. The van der Waals surface area contributed by atoms with E-state index in [1.165, 1.54) is 24.0 Å². The molecule has 2 aromatic carbocycles. The molecule has 0 spiro atoms. The van der Waals surface area contributed by atoms with Gasteiger partial charge in [-0.3, -0.25) is 9.59 Å². The zero-order chi connectivity index (χ0) is 31.0. The SMILES string of the molecule is C=CC[C@H](NC(=O)OCC1c2ccccc2-c2ccccc21)C(=O)N[C@@H](C)C(=O)N(CC=C)[C@@H](C)C(=O)OC(C)(C)C. The first-order chi connectivity index (χ1) is 19.9. The third-order valence-electron chi connectivity index (χ3n) is 6.91. The summed E-state index contributed by atoms with van der Waals surface area (Å²) in [5.74, 6) is -1.79. The first kappa shape index (κ1) is 32.1. The van der Waals surface area contributed by atoms with Crippen LogP contribution in [0.3, 0.4) is 0 Å². The molecule has 42 heavy (non-hydrogen) atoms. The number of rotatable bonds is 12. The highest BCUT2D eigenvalue weighted by molar-refractivity contribution is 5.93. The van der Waals surface area contributed by atoms with E-state index in [2.05, 4.69) is 23.8 Å². The molecule has 0 saturated carbocycles. The third-order valence-corrected chi connectivity index (χ3v) is 6.91. The van der Waals surface area contributed by atoms with Crippen LogP contribution in [0.2, 0.25) is 0 Å². The maximum absolute atomic E-state index is 13.3. The quantitative estimate of drug-likeness (QED) is 0.280. The number of carbonyl (C=O) groups is 4. The minimum absolute atomic E-state index is 0.0769. The van der Waals surface area contributed by atoms with Gasteiger partial charge in [-0.25, -0.2) is 9.59 Å². The summed E-state index contributed by atoms with van der Waals surface area (Å²) >= 11 is 0. The fraction of sp³-hybridized carbons (Fsp3) is 0.394. The number of hydrogen-bond acceptors (Lipinski definition) is 6. The summed E-state index contributed by atoms with van der Waals surface area (Å²) in [7, 11) is 0. The van der Waals surface area contributed by atoms with E-state index in [1.807, 2.05) is 48.5 Å². The molecule has 0 bridgehead atoms. The number of ether oxygens (including phenoxy) is 2. The van der Waals surface area contributed by atoms with Gasteiger partial charge in [0.25, 0.3) is 0 Å². The third kappa shape index (κ3) is 7.87. The fourth-order valence-electron chi connectivity index (χ4n) is 4.90. The van der Waals surface area contributed by atoms with E-state index >= 15 is 0 Å². The van der Waals surface area contributed by atoms with Crippen molar-refractivity contribution in [2.24, 2.45) is 0 Å². The Labute approximate surface area is 247 Å². The van der Waals surface area contributed by atoms with Crippen LogP contribution in [-0.4, -0.2) is 65.7 Å². The molecule has 3 atom stereocenters. The number of amides is 3. The minimum atomic E-state index is -1.02. The van der Waals surface area contributed by atoms with Gasteiger partial charge in [-0.05, 0) is 63.3 Å². The van der Waals surface area contributed by atoms with Crippen molar-refractivity contribution >= 4 is 23.9 Å². The molecule has 0 aliphatic heterocycles. The van der Waals surface area contributed by atoms with Gasteiger partial charge in [-0.15, -0.1) is 13.2 Å². The van der Waals surface area contributed by atoms with Crippen molar-refractivity contribution < 1.29 is 28.7 Å². The highest BCUT2D eigenvalue weighted by Crippen LogP contribution is 2.44. The van der Waals surface area contributed by atoms with Crippen molar-refractivity contribution in [3.8, 4) is 11.1 Å². The van der Waals surface area contributed by atoms with Gasteiger partial charge in [-0.2, -0.15) is 0 Å². The van der Waals surface area contributed by atoms with Gasteiger partial charge in [0.15, 0.2) is 0 Å². The van der Waals surface area contributed by atoms with Crippen LogP contribution >= 0.6 is 0 Å². The van der Waals surface area contributed by atoms with E-state index in [9.17, 15) is 19.2 Å². The Morgan fingerprint density at radius 2 is 1.50 bits per heavy atom. The molecule has 9 heteroatoms. The number of benzene rings is 2. The number of hydrogen-bond donors (Lipinski definition) is 2. The molecule has 0 fully saturated rings. The van der Waals surface area contributed by atoms with Crippen molar-refractivity contribution in [3.63, 3.8) is 0 Å². The minimum Gasteiger partial charge on any atom is -0.458 e. The maximum Gasteiger partial charge on any atom is 0.407 e. The normalized spacial score (nSPS) is 14.3. The van der Waals surface area contributed by atoms with Crippen LogP contribution < -0.4 is 10.6 Å². The van der Waals surface area contributed by atoms with Crippen LogP contribution in [0.4, 0.5) is 4.79 Å². The maximum atomic E-state index is 13.3. The first-order valence-corrected chi connectivity index (χ1v) is 14.0. The highest BCUT2D eigenvalue weighted by Gasteiger charge is 2.34. The van der Waals surface area contributed by atoms with E-state index in [-0.39, 0.29) is 25.5 Å². The molecule has 0 radical (unpaired) electrons. The Bertz CT molecular complexity index is 1290. The average Bonchev–Trinajstić information content (AvgIpc) is 3.26. The largest absolute Gasteiger partial charge is 0.458 e. The van der Waals surface area contributed by atoms with Gasteiger partial charge in [0.1, 0.15) is 30.3 Å². The number of carbonyl (C=O) groups excluding carboxylic acids is 4. The van der Waals surface area contributed by atoms with Gasteiger partial charge in [0, 0.05) is 12.5 Å². The van der Waals surface area contributed by atoms with E-state index in [4.69, 9.17) is 9.47 Å². The molecule has 0 heterocycles. The summed E-state index contributed by atoms with van der Waals surface area (Å²) in [6.45, 7) is 15.8. The van der Waals surface area contributed by atoms with Crippen LogP contribution in [0.1, 0.15) is 58.1 Å². The number of esters is 1. The summed E-state index contributed by atoms with van der Waals surface area (Å²) in [6, 6.07) is 13.1. The number of nitrogens with one attached hydrogen (secondary N) is 2. The predicted molar refractivity (Wildman–Crippen MR) is 162 cm³/mol. The number of fused-ring (bicyclic) bond motifs is 3. The molecule has 1 aliphatic carbocycles. The summed E-state index contributed by atoms with van der Waals surface area (Å²) in [4.78, 5) is 53.1. The smallest absolute Gasteiger partial charge is 0.407 e. The van der Waals surface area contributed by atoms with Crippen molar-refractivity contribution in [1.29, 1.82) is 0 Å². The fourth-order valence-corrected chi connectivity index (χ4v) is 4.90. The molecular weight excluding hydrogens is 534 g/mol. The second kappa shape index (κ2) is 14.0. The molecule has 224 valence electrons. The molecule has 3 amide bonds. The van der Waals surface area contributed by atoms with Gasteiger partial charge in [-0.1, -0.05) is 60.7 Å². The standard InChI is InChI=1S/C33H41N3O6/c1-8-14-28(29(37)34-21(3)30(38)36(19-9-2)22(4)31(39)42-33(5,6)7)35-32(40)41-20-27-25-17-12-10-15-23(25)24-16-11-13-18-26(24)27/h8-13,15-18,21-22,27-28H,1-2,14,19-20H2,3-7H3,(H,34,37)(H,35,40)/t21-,22-,28-/m0/s1. The van der Waals surface area contributed by atoms with Crippen molar-refractivity contribution in [2.45, 2.75) is 70.7 Å². The Morgan fingerprint density at radius 1 is 0.929 bits per heavy atom. The lowest BCUT2D eigenvalue weighted by Crippen LogP contribution is -2.56. The van der Waals surface area contributed by atoms with Crippen LogP contribution in [-0.2, 0) is 23.9 Å². The molecule has 3 rings (SSSR count). The van der Waals surface area contributed by atoms with Gasteiger partial charge < -0.3 is 25.0 Å². The monoisotopic (exact) mass is 575 g/mol. The van der Waals surface area contributed by atoms with Crippen LogP contribution in [0.5, 0.6) is 0 Å². The van der Waals surface area contributed by atoms with Gasteiger partial charge in [0.05, 0.1) is 0 Å². The van der Waals surface area contributed by atoms with Gasteiger partial charge >= 0.3 is 12.1 Å². The van der Waals surface area contributed by atoms with Crippen LogP contribution in [0.25, 0.3) is 11.1 Å². The average molecular weight is 576 g/mol. The number of nitrogens with zero attached hydrogens (tertiary/aromatic N) is 1. The lowest BCUT2D eigenvalue weighted by Gasteiger charge is -2.32. The molecule has 0 unspecified atom stereocenters. The van der Waals surface area contributed by atoms with Crippen LogP contribution in [0, 0.1) is 0 Å². The van der Waals surface area contributed by atoms with Crippen molar-refractivity contribution in [1.82, 2.24) is 15.5 Å². The van der Waals surface area contributed by atoms with E-state index < -0.39 is 47.6 Å². The molecule has 2 aromatic rings. The molecule has 2 N–H and O–H groups in total. The molecule has 0 saturated heterocycles. The Morgan fingerprint density at radius 3 is 2.02 bits per heavy atom. The summed E-state index contributed by atoms with van der Waals surface area (Å²) in [5, 5.41) is 5.23. The molecule has 9 nitrogen and oxygen atoms in total. The summed E-state index contributed by atoms with van der Waals surface area (Å²) in [5.41, 5.74) is 3.64. The Balaban J connectivity index is 1.62. The van der Waals surface area contributed by atoms with Crippen molar-refractivity contribution in [2.75, 3.05) is 13.2 Å². The topological polar surface area (TPSA) is 114 Å². The Hall–Kier alpha value is -4.40. The zero-order valence-electron chi connectivity index (χ0n) is 25.0. The van der Waals surface area contributed by atoms with Crippen molar-refractivity contribution in [3.05, 3.63) is 85.0 Å². The van der Waals surface area contributed by atoms with E-state index in [1.54, 1.807) is 27.7 Å². The summed E-state index contributed by atoms with van der Waals surface area (Å²) in [6.07, 6.45) is 2.34. The summed E-state index contributed by atoms with van der Waals surface area (Å²) < 4.78 is 11.0. The lowest BCUT2D eigenvalue weighted by atomic mass is 9.98. The first-order valence-electron chi connectivity index (χ1n) is 14.0. The molecule has 1 aliphatic rings. The van der Waals surface area contributed by atoms with E-state index in [0.717, 1.165) is 22.3 Å². The molecule has 0 aromatic heterocycles. The predicted octanol–water partition coefficient (Wildman–Crippen LogP) is 4.72. The Kier molecular flexibility index (Phi) is 10.7. The second-order valence-corrected chi connectivity index (χ2v) is 11.3. The lowest BCUT2D eigenvalue weighted by molar-refractivity contribution is -0.164. The zero-order valence-corrected chi connectivity index (χ0v) is 25.0. The van der Waals surface area contributed by atoms with Gasteiger partial charge in [0.2, 0.25) is 11.8 Å². The highest BCUT2D eigenvalue weighted by atomic mass is 16.6. The molecular formula is C33H41N3O6. The van der Waals surface area contributed by atoms with Crippen LogP contribution in [0.15, 0.2) is 73.8 Å². The second-order valence-electron chi connectivity index (χ2n) is 11.3. The van der Waals surface area contributed by atoms with E-state index in [0.29, 0.717) is 0 Å².